The zero-order chi connectivity index (χ0) is 15.1. The van der Waals surface area contributed by atoms with Gasteiger partial charge in [0.15, 0.2) is 0 Å². The van der Waals surface area contributed by atoms with Crippen molar-refractivity contribution in [3.05, 3.63) is 23.5 Å². The molecule has 7 heteroatoms. The van der Waals surface area contributed by atoms with E-state index in [9.17, 15) is 12.8 Å². The Labute approximate surface area is 123 Å². The number of thioether (sulfide) groups is 1. The molecule has 4 nitrogen and oxygen atoms in total. The number of nitrogens with two attached hydrogens (primary N) is 1. The molecule has 20 heavy (non-hydrogen) atoms. The number of hydrogen-bond donors (Lipinski definition) is 1. The van der Waals surface area contributed by atoms with Gasteiger partial charge in [-0.15, -0.1) is 0 Å². The van der Waals surface area contributed by atoms with Gasteiger partial charge in [-0.3, -0.25) is 0 Å². The van der Waals surface area contributed by atoms with E-state index in [0.717, 1.165) is 0 Å². The summed E-state index contributed by atoms with van der Waals surface area (Å²) < 4.78 is 40.7. The van der Waals surface area contributed by atoms with E-state index in [0.29, 0.717) is 17.9 Å². The fourth-order valence-electron chi connectivity index (χ4n) is 2.24. The number of sulfonamides is 1. The summed E-state index contributed by atoms with van der Waals surface area (Å²) in [6.07, 6.45) is 0. The number of rotatable bonds is 2. The lowest BCUT2D eigenvalue weighted by molar-refractivity contribution is 0.338. The minimum atomic E-state index is -3.85. The Morgan fingerprint density at radius 3 is 2.70 bits per heavy atom. The Bertz CT molecular complexity index is 619. The zero-order valence-electron chi connectivity index (χ0n) is 11.8. The summed E-state index contributed by atoms with van der Waals surface area (Å²) >= 11 is 1.73. The van der Waals surface area contributed by atoms with Crippen molar-refractivity contribution in [2.24, 2.45) is 0 Å². The molecule has 1 saturated heterocycles. The summed E-state index contributed by atoms with van der Waals surface area (Å²) in [5.41, 5.74) is 6.55. The van der Waals surface area contributed by atoms with Gasteiger partial charge in [0.25, 0.3) is 0 Å². The maximum absolute atomic E-state index is 14.0. The van der Waals surface area contributed by atoms with Crippen LogP contribution in [0.5, 0.6) is 0 Å². The summed E-state index contributed by atoms with van der Waals surface area (Å²) in [5, 5.41) is 0.185. The lowest BCUT2D eigenvalue weighted by atomic mass is 10.2. The van der Waals surface area contributed by atoms with E-state index in [4.69, 9.17) is 5.73 Å². The Kier molecular flexibility index (Phi) is 4.32. The highest BCUT2D eigenvalue weighted by Crippen LogP contribution is 2.31. The molecule has 112 valence electrons. The molecule has 1 aromatic rings. The van der Waals surface area contributed by atoms with Crippen LogP contribution in [0.4, 0.5) is 10.1 Å². The third kappa shape index (κ3) is 2.66. The molecular weight excluding hydrogens is 299 g/mol. The van der Waals surface area contributed by atoms with Crippen molar-refractivity contribution in [2.75, 3.05) is 18.0 Å². The molecule has 2 atom stereocenters. The Morgan fingerprint density at radius 1 is 1.40 bits per heavy atom. The molecular formula is C13H19FN2O2S2. The van der Waals surface area contributed by atoms with Crippen LogP contribution >= 0.6 is 11.8 Å². The van der Waals surface area contributed by atoms with Gasteiger partial charge in [-0.2, -0.15) is 16.1 Å². The smallest absolute Gasteiger partial charge is 0.246 e. The van der Waals surface area contributed by atoms with E-state index in [2.05, 4.69) is 0 Å². The molecule has 1 fully saturated rings. The van der Waals surface area contributed by atoms with Crippen molar-refractivity contribution >= 4 is 27.5 Å². The predicted octanol–water partition coefficient (Wildman–Crippen LogP) is 2.23. The summed E-state index contributed by atoms with van der Waals surface area (Å²) in [7, 11) is -3.85. The second kappa shape index (κ2) is 5.54. The number of halogens is 1. The molecule has 1 aliphatic heterocycles. The van der Waals surface area contributed by atoms with E-state index < -0.39 is 15.8 Å². The van der Waals surface area contributed by atoms with Gasteiger partial charge in [0.2, 0.25) is 10.0 Å². The number of aryl methyl sites for hydroxylation is 1. The summed E-state index contributed by atoms with van der Waals surface area (Å²) in [6.45, 7) is 5.88. The van der Waals surface area contributed by atoms with E-state index in [1.807, 2.05) is 13.8 Å². The maximum atomic E-state index is 14.0. The van der Waals surface area contributed by atoms with Crippen molar-refractivity contribution in [3.63, 3.8) is 0 Å². The normalized spacial score (nSPS) is 24.8. The van der Waals surface area contributed by atoms with Crippen LogP contribution in [0.25, 0.3) is 0 Å². The molecule has 1 aromatic carbocycles. The fraction of sp³-hybridized carbons (Fsp3) is 0.538. The van der Waals surface area contributed by atoms with Crippen molar-refractivity contribution < 1.29 is 12.8 Å². The van der Waals surface area contributed by atoms with Crippen LogP contribution in [-0.4, -0.2) is 36.3 Å². The number of benzene rings is 1. The van der Waals surface area contributed by atoms with Gasteiger partial charge in [-0.05, 0) is 31.5 Å². The molecule has 0 aliphatic carbocycles. The molecule has 2 unspecified atom stereocenters. The van der Waals surface area contributed by atoms with Gasteiger partial charge >= 0.3 is 0 Å². The minimum absolute atomic E-state index is 0.166. The quantitative estimate of drug-likeness (QED) is 0.849. The minimum Gasteiger partial charge on any atom is -0.398 e. The average molecular weight is 318 g/mol. The molecule has 0 aromatic heterocycles. The lowest BCUT2D eigenvalue weighted by Crippen LogP contribution is -2.48. The van der Waals surface area contributed by atoms with Crippen LogP contribution in [0.1, 0.15) is 19.4 Å². The van der Waals surface area contributed by atoms with Crippen molar-refractivity contribution in [1.82, 2.24) is 4.31 Å². The lowest BCUT2D eigenvalue weighted by Gasteiger charge is -2.36. The fourth-order valence-corrected chi connectivity index (χ4v) is 5.32. The number of anilines is 1. The third-order valence-electron chi connectivity index (χ3n) is 3.73. The topological polar surface area (TPSA) is 63.4 Å². The standard InChI is InChI=1S/C13H19FN2O2S2/c1-8-6-11(14)13(7-12(8)15)20(17,18)16-4-5-19-10(3)9(16)2/h6-7,9-10H,4-5,15H2,1-3H3. The predicted molar refractivity (Wildman–Crippen MR) is 80.8 cm³/mol. The van der Waals surface area contributed by atoms with Crippen LogP contribution in [0.15, 0.2) is 17.0 Å². The van der Waals surface area contributed by atoms with Crippen LogP contribution in [0.3, 0.4) is 0 Å². The molecule has 2 N–H and O–H groups in total. The number of nitrogens with zero attached hydrogens (tertiary/aromatic N) is 1. The average Bonchev–Trinajstić information content (AvgIpc) is 2.36. The van der Waals surface area contributed by atoms with Gasteiger partial charge in [0.1, 0.15) is 10.7 Å². The first-order valence-electron chi connectivity index (χ1n) is 6.44. The largest absolute Gasteiger partial charge is 0.398 e. The number of hydrogen-bond acceptors (Lipinski definition) is 4. The SMILES string of the molecule is Cc1cc(F)c(S(=O)(=O)N2CCSC(C)C2C)cc1N. The first kappa shape index (κ1) is 15.6. The van der Waals surface area contributed by atoms with Gasteiger partial charge in [-0.1, -0.05) is 6.92 Å². The second-order valence-corrected chi connectivity index (χ2v) is 8.42. The van der Waals surface area contributed by atoms with Crippen LogP contribution in [0.2, 0.25) is 0 Å². The van der Waals surface area contributed by atoms with Crippen molar-refractivity contribution in [3.8, 4) is 0 Å². The first-order chi connectivity index (χ1) is 9.25. The molecule has 0 bridgehead atoms. The molecule has 0 saturated carbocycles. The molecule has 1 heterocycles. The first-order valence-corrected chi connectivity index (χ1v) is 8.93. The summed E-state index contributed by atoms with van der Waals surface area (Å²) in [5.74, 6) is -0.0250. The van der Waals surface area contributed by atoms with Gasteiger partial charge in [0.05, 0.1) is 0 Å². The van der Waals surface area contributed by atoms with Crippen LogP contribution in [0, 0.1) is 12.7 Å². The Hall–Kier alpha value is -0.790. The Morgan fingerprint density at radius 2 is 2.05 bits per heavy atom. The van der Waals surface area contributed by atoms with Crippen molar-refractivity contribution in [1.29, 1.82) is 0 Å². The third-order valence-corrected chi connectivity index (χ3v) is 7.07. The van der Waals surface area contributed by atoms with Crippen molar-refractivity contribution in [2.45, 2.75) is 37.0 Å². The van der Waals surface area contributed by atoms with Crippen LogP contribution in [-0.2, 0) is 10.0 Å². The highest BCUT2D eigenvalue weighted by Gasteiger charge is 2.36. The van der Waals surface area contributed by atoms with E-state index in [1.165, 1.54) is 16.4 Å². The van der Waals surface area contributed by atoms with Gasteiger partial charge < -0.3 is 5.73 Å². The summed E-state index contributed by atoms with van der Waals surface area (Å²) in [4.78, 5) is -0.327. The van der Waals surface area contributed by atoms with Gasteiger partial charge in [0, 0.05) is 29.3 Å². The van der Waals surface area contributed by atoms with Gasteiger partial charge in [-0.25, -0.2) is 12.8 Å². The molecule has 0 amide bonds. The molecule has 1 aliphatic rings. The molecule has 0 radical (unpaired) electrons. The Balaban J connectivity index is 2.47. The molecule has 0 spiro atoms. The summed E-state index contributed by atoms with van der Waals surface area (Å²) in [6, 6.07) is 2.23. The second-order valence-electron chi connectivity index (χ2n) is 5.07. The highest BCUT2D eigenvalue weighted by atomic mass is 32.2. The van der Waals surface area contributed by atoms with E-state index >= 15 is 0 Å². The molecule has 2 rings (SSSR count). The maximum Gasteiger partial charge on any atom is 0.246 e. The highest BCUT2D eigenvalue weighted by molar-refractivity contribution is 8.00. The monoisotopic (exact) mass is 318 g/mol. The zero-order valence-corrected chi connectivity index (χ0v) is 13.4. The van der Waals surface area contributed by atoms with E-state index in [1.54, 1.807) is 18.7 Å². The number of nitrogen functional groups attached to an aromatic ring is 1. The van der Waals surface area contributed by atoms with Crippen LogP contribution < -0.4 is 5.73 Å². The van der Waals surface area contributed by atoms with E-state index in [-0.39, 0.29) is 21.9 Å².